The Balaban J connectivity index is 1.65. The van der Waals surface area contributed by atoms with Crippen LogP contribution in [0.4, 0.5) is 17.1 Å². The van der Waals surface area contributed by atoms with Crippen molar-refractivity contribution in [3.8, 4) is 17.0 Å². The largest absolute Gasteiger partial charge is 0.493 e. The summed E-state index contributed by atoms with van der Waals surface area (Å²) < 4.78 is 39.3. The number of fused-ring (bicyclic) bond motifs is 1. The smallest absolute Gasteiger partial charge is 0.295 e. The Hall–Kier alpha value is -3.82. The molecular formula is C25H24N4O4S. The maximum Gasteiger partial charge on any atom is 0.295 e. The average molecular weight is 477 g/mol. The molecule has 1 aromatic heterocycles. The number of hydrogen-bond donors (Lipinski definition) is 2. The van der Waals surface area contributed by atoms with Crippen LogP contribution in [0.3, 0.4) is 0 Å². The first-order chi connectivity index (χ1) is 16.2. The molecule has 0 aliphatic carbocycles. The van der Waals surface area contributed by atoms with Crippen molar-refractivity contribution in [3.63, 3.8) is 0 Å². The van der Waals surface area contributed by atoms with E-state index in [0.29, 0.717) is 29.0 Å². The molecule has 0 aliphatic rings. The van der Waals surface area contributed by atoms with Gasteiger partial charge in [-0.05, 0) is 36.2 Å². The molecule has 9 heteroatoms. The van der Waals surface area contributed by atoms with Crippen molar-refractivity contribution in [2.24, 2.45) is 16.1 Å². The molecular weight excluding hydrogens is 452 g/mol. The van der Waals surface area contributed by atoms with E-state index in [1.807, 2.05) is 24.3 Å². The summed E-state index contributed by atoms with van der Waals surface area (Å²) in [5, 5.41) is 9.06. The Morgan fingerprint density at radius 2 is 1.71 bits per heavy atom. The molecule has 8 nitrogen and oxygen atoms in total. The summed E-state index contributed by atoms with van der Waals surface area (Å²) in [4.78, 5) is 4.20. The topological polar surface area (TPSA) is 127 Å². The minimum atomic E-state index is -4.48. The van der Waals surface area contributed by atoms with Crippen LogP contribution in [0.25, 0.3) is 22.0 Å². The van der Waals surface area contributed by atoms with Crippen molar-refractivity contribution >= 4 is 38.0 Å². The monoisotopic (exact) mass is 476 g/mol. The van der Waals surface area contributed by atoms with Crippen LogP contribution < -0.4 is 10.5 Å². The third-order valence-corrected chi connectivity index (χ3v) is 5.95. The minimum Gasteiger partial charge on any atom is -0.493 e. The van der Waals surface area contributed by atoms with Crippen LogP contribution in [0.2, 0.25) is 0 Å². The molecule has 0 amide bonds. The highest BCUT2D eigenvalue weighted by atomic mass is 32.2. The van der Waals surface area contributed by atoms with Gasteiger partial charge in [0.15, 0.2) is 0 Å². The fourth-order valence-corrected chi connectivity index (χ4v) is 4.14. The quantitative estimate of drug-likeness (QED) is 0.186. The van der Waals surface area contributed by atoms with Crippen molar-refractivity contribution in [1.82, 2.24) is 4.98 Å². The van der Waals surface area contributed by atoms with Crippen molar-refractivity contribution in [3.05, 3.63) is 72.9 Å². The minimum absolute atomic E-state index is 0.128. The van der Waals surface area contributed by atoms with E-state index < -0.39 is 10.1 Å². The number of hydrogen-bond acceptors (Lipinski definition) is 7. The zero-order valence-electron chi connectivity index (χ0n) is 18.7. The van der Waals surface area contributed by atoms with E-state index in [0.717, 1.165) is 17.0 Å². The van der Waals surface area contributed by atoms with Crippen LogP contribution in [-0.4, -0.2) is 24.6 Å². The number of ether oxygens (including phenoxy) is 1. The van der Waals surface area contributed by atoms with Crippen molar-refractivity contribution < 1.29 is 17.7 Å². The summed E-state index contributed by atoms with van der Waals surface area (Å²) in [7, 11) is -4.48. The van der Waals surface area contributed by atoms with Gasteiger partial charge in [-0.3, -0.25) is 9.54 Å². The average Bonchev–Trinajstić information content (AvgIpc) is 2.82. The van der Waals surface area contributed by atoms with Gasteiger partial charge >= 0.3 is 0 Å². The highest BCUT2D eigenvalue weighted by molar-refractivity contribution is 7.86. The molecule has 0 aliphatic heterocycles. The number of nitrogens with two attached hydrogens (primary N) is 1. The Kier molecular flexibility index (Phi) is 6.58. The maximum atomic E-state index is 11.9. The van der Waals surface area contributed by atoms with Crippen LogP contribution in [0.1, 0.15) is 13.8 Å². The lowest BCUT2D eigenvalue weighted by Gasteiger charge is -2.12. The molecule has 0 spiro atoms. The summed E-state index contributed by atoms with van der Waals surface area (Å²) in [6.45, 7) is 4.77. The third-order valence-electron chi connectivity index (χ3n) is 5.06. The zero-order valence-corrected chi connectivity index (χ0v) is 19.5. The van der Waals surface area contributed by atoms with E-state index in [1.54, 1.807) is 42.6 Å². The number of nitrogens with zero attached hydrogens (tertiary/aromatic N) is 3. The lowest BCUT2D eigenvalue weighted by atomic mass is 10.1. The molecule has 1 heterocycles. The molecule has 0 radical (unpaired) electrons. The number of azo groups is 1. The summed E-state index contributed by atoms with van der Waals surface area (Å²) in [5.41, 5.74) is 8.62. The first-order valence-electron chi connectivity index (χ1n) is 10.6. The van der Waals surface area contributed by atoms with Crippen LogP contribution in [0.15, 0.2) is 88.1 Å². The Morgan fingerprint density at radius 3 is 2.38 bits per heavy atom. The number of pyridine rings is 1. The molecule has 3 N–H and O–H groups in total. The van der Waals surface area contributed by atoms with Crippen molar-refractivity contribution in [1.29, 1.82) is 0 Å². The highest BCUT2D eigenvalue weighted by Gasteiger charge is 2.18. The van der Waals surface area contributed by atoms with Gasteiger partial charge in [-0.15, -0.1) is 10.2 Å². The first-order valence-corrected chi connectivity index (χ1v) is 12.1. The van der Waals surface area contributed by atoms with Gasteiger partial charge in [0.05, 0.1) is 24.2 Å². The number of para-hydroxylation sites is 1. The van der Waals surface area contributed by atoms with Gasteiger partial charge in [0, 0.05) is 16.3 Å². The lowest BCUT2D eigenvalue weighted by molar-refractivity contribution is 0.272. The van der Waals surface area contributed by atoms with E-state index in [-0.39, 0.29) is 16.3 Å². The third kappa shape index (κ3) is 5.05. The number of rotatable bonds is 7. The van der Waals surface area contributed by atoms with Gasteiger partial charge in [-0.25, -0.2) is 0 Å². The van der Waals surface area contributed by atoms with Crippen LogP contribution in [0.5, 0.6) is 5.75 Å². The van der Waals surface area contributed by atoms with Gasteiger partial charge in [0.1, 0.15) is 22.0 Å². The predicted octanol–water partition coefficient (Wildman–Crippen LogP) is 6.18. The summed E-state index contributed by atoms with van der Waals surface area (Å²) in [6, 6.07) is 19.0. The number of benzene rings is 3. The first kappa shape index (κ1) is 23.3. The maximum absolute atomic E-state index is 11.9. The second kappa shape index (κ2) is 9.58. The number of nitrogen functional groups attached to an aromatic ring is 1. The standard InChI is InChI=1S/C25H24N4O4S/c1-16(2)15-33-23-10-6-5-9-20(23)21-12-11-17(14-27-21)28-29-22-13-24(34(30,31)32)18-7-3-4-8-19(18)25(22)26/h3-14,16H,15,26H2,1-2H3,(H,30,31,32). The number of aromatic nitrogens is 1. The van der Waals surface area contributed by atoms with Crippen molar-refractivity contribution in [2.45, 2.75) is 18.7 Å². The Bertz CT molecular complexity index is 1470. The van der Waals surface area contributed by atoms with E-state index in [9.17, 15) is 13.0 Å². The van der Waals surface area contributed by atoms with Gasteiger partial charge < -0.3 is 10.5 Å². The lowest BCUT2D eigenvalue weighted by Crippen LogP contribution is -2.05. The Morgan fingerprint density at radius 1 is 1.00 bits per heavy atom. The van der Waals surface area contributed by atoms with Crippen LogP contribution in [0, 0.1) is 5.92 Å². The molecule has 34 heavy (non-hydrogen) atoms. The van der Waals surface area contributed by atoms with Gasteiger partial charge in [-0.1, -0.05) is 50.2 Å². The van der Waals surface area contributed by atoms with E-state index >= 15 is 0 Å². The summed E-state index contributed by atoms with van der Waals surface area (Å²) in [6.07, 6.45) is 1.55. The van der Waals surface area contributed by atoms with Crippen LogP contribution in [-0.2, 0) is 10.1 Å². The van der Waals surface area contributed by atoms with Gasteiger partial charge in [0.2, 0.25) is 0 Å². The van der Waals surface area contributed by atoms with Crippen molar-refractivity contribution in [2.75, 3.05) is 12.3 Å². The van der Waals surface area contributed by atoms with E-state index in [1.165, 1.54) is 6.07 Å². The van der Waals surface area contributed by atoms with Gasteiger partial charge in [0.25, 0.3) is 10.1 Å². The molecule has 4 rings (SSSR count). The predicted molar refractivity (Wildman–Crippen MR) is 132 cm³/mol. The van der Waals surface area contributed by atoms with Crippen LogP contribution >= 0.6 is 0 Å². The normalized spacial score (nSPS) is 12.0. The second-order valence-corrected chi connectivity index (χ2v) is 9.52. The molecule has 3 aromatic carbocycles. The molecule has 0 bridgehead atoms. The fourth-order valence-electron chi connectivity index (χ4n) is 3.42. The molecule has 0 saturated heterocycles. The number of anilines is 1. The fraction of sp³-hybridized carbons (Fsp3) is 0.160. The zero-order chi connectivity index (χ0) is 24.3. The summed E-state index contributed by atoms with van der Waals surface area (Å²) >= 11 is 0. The Labute approximate surface area is 197 Å². The molecule has 0 saturated carbocycles. The van der Waals surface area contributed by atoms with E-state index in [4.69, 9.17) is 10.5 Å². The highest BCUT2D eigenvalue weighted by Crippen LogP contribution is 2.37. The molecule has 4 aromatic rings. The molecule has 0 atom stereocenters. The molecule has 0 unspecified atom stereocenters. The second-order valence-electron chi connectivity index (χ2n) is 8.13. The summed E-state index contributed by atoms with van der Waals surface area (Å²) in [5.74, 6) is 1.15. The molecule has 174 valence electrons. The van der Waals surface area contributed by atoms with E-state index in [2.05, 4.69) is 29.1 Å². The van der Waals surface area contributed by atoms with Gasteiger partial charge in [-0.2, -0.15) is 8.42 Å². The molecule has 0 fully saturated rings. The SMILES string of the molecule is CC(C)COc1ccccc1-c1ccc(N=Nc2cc(S(=O)(=O)O)c3ccccc3c2N)cn1.